The second kappa shape index (κ2) is 9.78. The quantitative estimate of drug-likeness (QED) is 0.685. The molecule has 2 aromatic carbocycles. The maximum atomic E-state index is 12.9. The van der Waals surface area contributed by atoms with Crippen LogP contribution in [0.15, 0.2) is 72.8 Å². The fraction of sp³-hybridized carbons (Fsp3) is 0.304. The Morgan fingerprint density at radius 1 is 0.897 bits per heavy atom. The Bertz CT molecular complexity index is 836. The van der Waals surface area contributed by atoms with Crippen molar-refractivity contribution in [3.63, 3.8) is 0 Å². The summed E-state index contributed by atoms with van der Waals surface area (Å²) in [6.07, 6.45) is 2.64. The van der Waals surface area contributed by atoms with Crippen molar-refractivity contribution in [2.45, 2.75) is 33.1 Å². The molecule has 1 atom stereocenters. The average molecular weight is 394 g/mol. The highest BCUT2D eigenvalue weighted by atomic mass is 16.6. The summed E-state index contributed by atoms with van der Waals surface area (Å²) in [6, 6.07) is 18.6. The number of ether oxygens (including phenoxy) is 2. The molecule has 1 aliphatic rings. The second-order valence-corrected chi connectivity index (χ2v) is 7.17. The number of benzene rings is 2. The molecule has 1 aliphatic heterocycles. The summed E-state index contributed by atoms with van der Waals surface area (Å²) in [4.78, 5) is 25.6. The molecule has 0 saturated carbocycles. The molecule has 0 aliphatic carbocycles. The highest BCUT2D eigenvalue weighted by molar-refractivity contribution is 5.75. The van der Waals surface area contributed by atoms with Crippen LogP contribution in [-0.2, 0) is 22.7 Å². The van der Waals surface area contributed by atoms with Crippen LogP contribution in [0.2, 0.25) is 0 Å². The van der Waals surface area contributed by atoms with Crippen molar-refractivity contribution < 1.29 is 19.1 Å². The second-order valence-electron chi connectivity index (χ2n) is 7.17. The molecule has 0 bridgehead atoms. The third kappa shape index (κ3) is 5.38. The van der Waals surface area contributed by atoms with E-state index in [0.717, 1.165) is 11.1 Å². The molecule has 0 unspecified atom stereocenters. The van der Waals surface area contributed by atoms with Gasteiger partial charge in [-0.15, -0.1) is 0 Å². The first-order chi connectivity index (χ1) is 14.1. The van der Waals surface area contributed by atoms with Crippen LogP contribution in [0.3, 0.4) is 0 Å². The van der Waals surface area contributed by atoms with Gasteiger partial charge in [-0.1, -0.05) is 86.7 Å². The van der Waals surface area contributed by atoms with Gasteiger partial charge in [-0.2, -0.15) is 0 Å². The van der Waals surface area contributed by atoms with Crippen LogP contribution in [0, 0.1) is 5.92 Å². The number of hydrogen-bond donors (Lipinski definition) is 0. The van der Waals surface area contributed by atoms with Gasteiger partial charge in [-0.05, 0) is 17.0 Å². The lowest BCUT2D eigenvalue weighted by Crippen LogP contribution is -2.57. The minimum absolute atomic E-state index is 0.0975. The van der Waals surface area contributed by atoms with Gasteiger partial charge < -0.3 is 9.47 Å². The van der Waals surface area contributed by atoms with Crippen LogP contribution >= 0.6 is 0 Å². The lowest BCUT2D eigenvalue weighted by molar-refractivity contribution is -0.0468. The highest BCUT2D eigenvalue weighted by Crippen LogP contribution is 2.22. The van der Waals surface area contributed by atoms with Crippen molar-refractivity contribution in [1.29, 1.82) is 0 Å². The van der Waals surface area contributed by atoms with Crippen molar-refractivity contribution in [2.24, 2.45) is 5.92 Å². The van der Waals surface area contributed by atoms with E-state index in [0.29, 0.717) is 0 Å². The summed E-state index contributed by atoms with van der Waals surface area (Å²) in [5.41, 5.74) is 1.76. The first-order valence-electron chi connectivity index (χ1n) is 9.71. The summed E-state index contributed by atoms with van der Waals surface area (Å²) in [5.74, 6) is 0.0975. The number of hydrogen-bond acceptors (Lipinski definition) is 4. The molecule has 6 nitrogen and oxygen atoms in total. The van der Waals surface area contributed by atoms with Crippen molar-refractivity contribution in [3.8, 4) is 0 Å². The topological polar surface area (TPSA) is 59.1 Å². The Balaban J connectivity index is 1.70. The zero-order valence-corrected chi connectivity index (χ0v) is 16.7. The van der Waals surface area contributed by atoms with E-state index in [9.17, 15) is 9.59 Å². The molecule has 0 fully saturated rings. The standard InChI is InChI=1S/C23H26N2O4/c1-18(2)21-14-9-15-24(22(26)28-16-19-10-5-3-6-11-19)25(21)23(27)29-17-20-12-7-4-8-13-20/h3-14,18,21H,15-17H2,1-2H3/t21-/m0/s1. The van der Waals surface area contributed by atoms with Crippen LogP contribution in [0.1, 0.15) is 25.0 Å². The molecular formula is C23H26N2O4. The van der Waals surface area contributed by atoms with E-state index in [1.807, 2.05) is 86.7 Å². The Morgan fingerprint density at radius 2 is 1.41 bits per heavy atom. The first kappa shape index (κ1) is 20.5. The van der Waals surface area contributed by atoms with Gasteiger partial charge in [0.1, 0.15) is 13.2 Å². The van der Waals surface area contributed by atoms with E-state index in [1.54, 1.807) is 0 Å². The van der Waals surface area contributed by atoms with E-state index in [1.165, 1.54) is 10.0 Å². The Labute approximate surface area is 171 Å². The molecule has 2 aromatic rings. The van der Waals surface area contributed by atoms with Crippen LogP contribution in [0.4, 0.5) is 9.59 Å². The Kier molecular flexibility index (Phi) is 6.89. The largest absolute Gasteiger partial charge is 0.443 e. The zero-order valence-electron chi connectivity index (χ0n) is 16.7. The number of carbonyl (C=O) groups excluding carboxylic acids is 2. The molecular weight excluding hydrogens is 368 g/mol. The van der Waals surface area contributed by atoms with Crippen LogP contribution in [0.5, 0.6) is 0 Å². The van der Waals surface area contributed by atoms with E-state index in [-0.39, 0.29) is 31.7 Å². The van der Waals surface area contributed by atoms with Crippen LogP contribution < -0.4 is 0 Å². The molecule has 0 spiro atoms. The molecule has 6 heteroatoms. The van der Waals surface area contributed by atoms with Gasteiger partial charge in [-0.25, -0.2) is 19.6 Å². The average Bonchev–Trinajstić information content (AvgIpc) is 2.76. The first-order valence-corrected chi connectivity index (χ1v) is 9.71. The fourth-order valence-corrected chi connectivity index (χ4v) is 3.10. The number of rotatable bonds is 5. The van der Waals surface area contributed by atoms with E-state index in [4.69, 9.17) is 9.47 Å². The van der Waals surface area contributed by atoms with E-state index >= 15 is 0 Å². The van der Waals surface area contributed by atoms with Gasteiger partial charge in [0.15, 0.2) is 0 Å². The van der Waals surface area contributed by atoms with E-state index < -0.39 is 12.2 Å². The zero-order chi connectivity index (χ0) is 20.6. The van der Waals surface area contributed by atoms with Crippen molar-refractivity contribution in [1.82, 2.24) is 10.0 Å². The van der Waals surface area contributed by atoms with Gasteiger partial charge in [0.05, 0.1) is 12.6 Å². The van der Waals surface area contributed by atoms with E-state index in [2.05, 4.69) is 0 Å². The van der Waals surface area contributed by atoms with Crippen LogP contribution in [-0.4, -0.2) is 34.8 Å². The SMILES string of the molecule is CC(C)[C@@H]1C=CCN(C(=O)OCc2ccccc2)N1C(=O)OCc1ccccc1. The number of carbonyl (C=O) groups is 2. The Morgan fingerprint density at radius 3 is 1.93 bits per heavy atom. The molecule has 2 amide bonds. The molecule has 0 N–H and O–H groups in total. The highest BCUT2D eigenvalue weighted by Gasteiger charge is 2.37. The molecule has 0 radical (unpaired) electrons. The minimum atomic E-state index is -0.583. The summed E-state index contributed by atoms with van der Waals surface area (Å²) < 4.78 is 10.9. The third-order valence-electron chi connectivity index (χ3n) is 4.65. The van der Waals surface area contributed by atoms with Gasteiger partial charge >= 0.3 is 12.2 Å². The number of amides is 2. The van der Waals surface area contributed by atoms with Gasteiger partial charge in [0.25, 0.3) is 0 Å². The predicted octanol–water partition coefficient (Wildman–Crippen LogP) is 4.77. The van der Waals surface area contributed by atoms with Gasteiger partial charge in [-0.3, -0.25) is 0 Å². The lowest BCUT2D eigenvalue weighted by atomic mass is 10.0. The monoisotopic (exact) mass is 394 g/mol. The molecule has 0 aromatic heterocycles. The van der Waals surface area contributed by atoms with Crippen molar-refractivity contribution >= 4 is 12.2 Å². The molecule has 1 heterocycles. The molecule has 3 rings (SSSR count). The van der Waals surface area contributed by atoms with Crippen LogP contribution in [0.25, 0.3) is 0 Å². The fourth-order valence-electron chi connectivity index (χ4n) is 3.10. The van der Waals surface area contributed by atoms with Crippen molar-refractivity contribution in [2.75, 3.05) is 6.54 Å². The predicted molar refractivity (Wildman–Crippen MR) is 110 cm³/mol. The summed E-state index contributed by atoms with van der Waals surface area (Å²) in [7, 11) is 0. The normalized spacial score (nSPS) is 16.0. The summed E-state index contributed by atoms with van der Waals surface area (Å²) >= 11 is 0. The number of hydrazine groups is 1. The van der Waals surface area contributed by atoms with Gasteiger partial charge in [0, 0.05) is 0 Å². The summed E-state index contributed by atoms with van der Waals surface area (Å²) in [6.45, 7) is 4.50. The summed E-state index contributed by atoms with van der Waals surface area (Å²) in [5, 5.41) is 2.67. The third-order valence-corrected chi connectivity index (χ3v) is 4.65. The minimum Gasteiger partial charge on any atom is -0.443 e. The maximum Gasteiger partial charge on any atom is 0.429 e. The molecule has 29 heavy (non-hydrogen) atoms. The van der Waals surface area contributed by atoms with Gasteiger partial charge in [0.2, 0.25) is 0 Å². The van der Waals surface area contributed by atoms with Crippen molar-refractivity contribution in [3.05, 3.63) is 83.9 Å². The smallest absolute Gasteiger partial charge is 0.429 e. The molecule has 152 valence electrons. The number of nitrogens with zero attached hydrogens (tertiary/aromatic N) is 2. The Hall–Kier alpha value is -3.28. The lowest BCUT2D eigenvalue weighted by Gasteiger charge is -2.41. The molecule has 0 saturated heterocycles. The maximum absolute atomic E-state index is 12.9.